The zero-order valence-electron chi connectivity index (χ0n) is 22.5. The molecular formula is C28H32ClF2N5O3S. The maximum Gasteiger partial charge on any atom is 0.293 e. The zero-order chi connectivity index (χ0) is 29.1. The van der Waals surface area contributed by atoms with Crippen molar-refractivity contribution >= 4 is 53.4 Å². The average molecular weight is 592 g/mol. The first-order valence-electron chi connectivity index (χ1n) is 12.8. The monoisotopic (exact) mass is 591 g/mol. The SMILES string of the molecule is CCOC=O.CCSNc1ccc(C(=O)Nc2nc(C)cc(N3CCC(F)(F)CC3)n2)c(-c2ccc(Cl)cc2)c1. The summed E-state index contributed by atoms with van der Waals surface area (Å²) in [5.74, 6) is -1.47. The summed E-state index contributed by atoms with van der Waals surface area (Å²) in [6, 6.07) is 14.5. The first-order chi connectivity index (χ1) is 19.2. The molecule has 214 valence electrons. The first-order valence-corrected chi connectivity index (χ1v) is 14.1. The van der Waals surface area contributed by atoms with Gasteiger partial charge in [-0.25, -0.2) is 13.8 Å². The smallest absolute Gasteiger partial charge is 0.293 e. The van der Waals surface area contributed by atoms with Crippen LogP contribution in [0.2, 0.25) is 5.02 Å². The molecular weight excluding hydrogens is 560 g/mol. The molecule has 40 heavy (non-hydrogen) atoms. The van der Waals surface area contributed by atoms with Gasteiger partial charge in [0, 0.05) is 59.7 Å². The van der Waals surface area contributed by atoms with Crippen LogP contribution in [0.25, 0.3) is 11.1 Å². The van der Waals surface area contributed by atoms with Crippen LogP contribution in [0.4, 0.5) is 26.2 Å². The Hall–Kier alpha value is -3.44. The highest BCUT2D eigenvalue weighted by atomic mass is 35.5. The predicted octanol–water partition coefficient (Wildman–Crippen LogP) is 6.85. The van der Waals surface area contributed by atoms with E-state index in [0.29, 0.717) is 35.2 Å². The lowest BCUT2D eigenvalue weighted by atomic mass is 9.98. The van der Waals surface area contributed by atoms with Crippen LogP contribution >= 0.6 is 23.5 Å². The second-order valence-corrected chi connectivity index (χ2v) is 10.3. The molecule has 0 spiro atoms. The van der Waals surface area contributed by atoms with Crippen LogP contribution in [0, 0.1) is 6.92 Å². The summed E-state index contributed by atoms with van der Waals surface area (Å²) >= 11 is 7.62. The van der Waals surface area contributed by atoms with Crippen molar-refractivity contribution in [3.63, 3.8) is 0 Å². The van der Waals surface area contributed by atoms with Crippen molar-refractivity contribution in [1.82, 2.24) is 9.97 Å². The van der Waals surface area contributed by atoms with Gasteiger partial charge in [-0.3, -0.25) is 14.9 Å². The molecule has 2 aromatic carbocycles. The van der Waals surface area contributed by atoms with Crippen molar-refractivity contribution in [3.8, 4) is 11.1 Å². The van der Waals surface area contributed by atoms with Crippen molar-refractivity contribution < 1.29 is 23.1 Å². The molecule has 0 radical (unpaired) electrons. The molecule has 4 rings (SSSR count). The first kappa shape index (κ1) is 31.1. The van der Waals surface area contributed by atoms with Gasteiger partial charge in [0.1, 0.15) is 5.82 Å². The molecule has 1 aromatic heterocycles. The molecule has 0 unspecified atom stereocenters. The third-order valence-corrected chi connectivity index (χ3v) is 6.79. The van der Waals surface area contributed by atoms with Gasteiger partial charge in [-0.2, -0.15) is 4.98 Å². The zero-order valence-corrected chi connectivity index (χ0v) is 24.1. The standard InChI is InChI=1S/C25H26ClF2N5OS.C3H6O2/c1-3-35-32-19-8-9-20(21(15-19)17-4-6-18(26)7-5-17)23(34)31-24-29-16(2)14-22(30-24)33-12-10-25(27,28)11-13-33;1-2-5-3-4/h4-9,14-15,32H,3,10-13H2,1-2H3,(H,29,30,31,34);3H,2H2,1H3. The Bertz CT molecular complexity index is 1290. The lowest BCUT2D eigenvalue weighted by molar-refractivity contribution is -0.128. The summed E-state index contributed by atoms with van der Waals surface area (Å²) in [5.41, 5.74) is 3.52. The number of anilines is 3. The summed E-state index contributed by atoms with van der Waals surface area (Å²) in [5, 5.41) is 3.39. The quantitative estimate of drug-likeness (QED) is 0.206. The number of aryl methyl sites for hydroxylation is 1. The number of aromatic nitrogens is 2. The molecule has 1 saturated heterocycles. The highest BCUT2D eigenvalue weighted by Crippen LogP contribution is 2.32. The highest BCUT2D eigenvalue weighted by molar-refractivity contribution is 8.00. The average Bonchev–Trinajstić information content (AvgIpc) is 2.92. The number of halogens is 3. The summed E-state index contributed by atoms with van der Waals surface area (Å²) < 4.78 is 34.6. The minimum atomic E-state index is -2.65. The summed E-state index contributed by atoms with van der Waals surface area (Å²) in [4.78, 5) is 33.1. The Labute approximate surface area is 242 Å². The Balaban J connectivity index is 0.000000810. The molecule has 12 heteroatoms. The molecule has 0 atom stereocenters. The second kappa shape index (κ2) is 14.8. The van der Waals surface area contributed by atoms with E-state index in [4.69, 9.17) is 11.6 Å². The Morgan fingerprint density at radius 1 is 1.12 bits per heavy atom. The van der Waals surface area contributed by atoms with E-state index >= 15 is 0 Å². The minimum absolute atomic E-state index is 0.133. The van der Waals surface area contributed by atoms with Crippen molar-refractivity contribution in [2.75, 3.05) is 40.4 Å². The molecule has 1 aliphatic heterocycles. The number of amides is 1. The molecule has 8 nitrogen and oxygen atoms in total. The number of piperidine rings is 1. The number of ether oxygens (including phenoxy) is 1. The van der Waals surface area contributed by atoms with Crippen molar-refractivity contribution in [1.29, 1.82) is 0 Å². The molecule has 0 aliphatic carbocycles. The van der Waals surface area contributed by atoms with Gasteiger partial charge in [0.05, 0.1) is 6.61 Å². The number of hydrogen-bond donors (Lipinski definition) is 2. The fourth-order valence-corrected chi connectivity index (χ4v) is 4.46. The van der Waals surface area contributed by atoms with Crippen LogP contribution in [0.15, 0.2) is 48.5 Å². The van der Waals surface area contributed by atoms with E-state index in [2.05, 4.69) is 24.7 Å². The largest absolute Gasteiger partial charge is 0.468 e. The van der Waals surface area contributed by atoms with Crippen molar-refractivity contribution in [2.24, 2.45) is 0 Å². The Morgan fingerprint density at radius 2 is 1.82 bits per heavy atom. The van der Waals surface area contributed by atoms with Gasteiger partial charge in [-0.15, -0.1) is 0 Å². The number of benzene rings is 2. The topological polar surface area (TPSA) is 96.4 Å². The summed E-state index contributed by atoms with van der Waals surface area (Å²) in [6.07, 6.45) is -0.447. The van der Waals surface area contributed by atoms with Gasteiger partial charge in [0.2, 0.25) is 5.95 Å². The van der Waals surface area contributed by atoms with E-state index in [9.17, 15) is 18.4 Å². The second-order valence-electron chi connectivity index (χ2n) is 8.84. The molecule has 0 bridgehead atoms. The van der Waals surface area contributed by atoms with Crippen LogP contribution in [0.1, 0.15) is 42.7 Å². The number of hydrogen-bond acceptors (Lipinski definition) is 8. The van der Waals surface area contributed by atoms with Crippen LogP contribution in [0.5, 0.6) is 0 Å². The van der Waals surface area contributed by atoms with Crippen LogP contribution in [0.3, 0.4) is 0 Å². The Morgan fingerprint density at radius 3 is 2.42 bits per heavy atom. The molecule has 0 saturated carbocycles. The van der Waals surface area contributed by atoms with Gasteiger partial charge in [0.15, 0.2) is 0 Å². The lowest BCUT2D eigenvalue weighted by Gasteiger charge is -2.32. The van der Waals surface area contributed by atoms with Gasteiger partial charge in [-0.1, -0.05) is 42.6 Å². The Kier molecular flexibility index (Phi) is 11.5. The fraction of sp³-hybridized carbons (Fsp3) is 0.357. The van der Waals surface area contributed by atoms with Gasteiger partial charge in [-0.05, 0) is 55.3 Å². The van der Waals surface area contributed by atoms with Gasteiger partial charge < -0.3 is 14.4 Å². The van der Waals surface area contributed by atoms with E-state index in [0.717, 1.165) is 22.6 Å². The van der Waals surface area contributed by atoms with Gasteiger partial charge in [0.25, 0.3) is 18.3 Å². The normalized spacial score (nSPS) is 14.0. The van der Waals surface area contributed by atoms with E-state index in [1.165, 1.54) is 0 Å². The maximum absolute atomic E-state index is 13.6. The van der Waals surface area contributed by atoms with Crippen LogP contribution in [-0.2, 0) is 9.53 Å². The number of carbonyl (C=O) groups is 2. The van der Waals surface area contributed by atoms with Crippen LogP contribution in [-0.4, -0.2) is 53.7 Å². The molecule has 1 aliphatic rings. The molecule has 2 heterocycles. The number of rotatable bonds is 9. The van der Waals surface area contributed by atoms with E-state index in [-0.39, 0.29) is 37.8 Å². The van der Waals surface area contributed by atoms with E-state index < -0.39 is 5.92 Å². The lowest BCUT2D eigenvalue weighted by Crippen LogP contribution is -2.39. The van der Waals surface area contributed by atoms with Crippen molar-refractivity contribution in [3.05, 3.63) is 64.8 Å². The fourth-order valence-electron chi connectivity index (χ4n) is 3.90. The number of carbonyl (C=O) groups excluding carboxylic acids is 2. The third-order valence-electron chi connectivity index (χ3n) is 5.87. The van der Waals surface area contributed by atoms with E-state index in [1.54, 1.807) is 55.0 Å². The molecule has 1 fully saturated rings. The van der Waals surface area contributed by atoms with E-state index in [1.807, 2.05) is 31.2 Å². The number of alkyl halides is 2. The molecule has 1 amide bonds. The number of nitrogens with one attached hydrogen (secondary N) is 2. The molecule has 3 aromatic rings. The molecule has 2 N–H and O–H groups in total. The van der Waals surface area contributed by atoms with Gasteiger partial charge >= 0.3 is 0 Å². The minimum Gasteiger partial charge on any atom is -0.468 e. The predicted molar refractivity (Wildman–Crippen MR) is 157 cm³/mol. The van der Waals surface area contributed by atoms with Crippen molar-refractivity contribution in [2.45, 2.75) is 39.5 Å². The summed E-state index contributed by atoms with van der Waals surface area (Å²) in [6.45, 7) is 6.89. The summed E-state index contributed by atoms with van der Waals surface area (Å²) in [7, 11) is 0. The number of nitrogens with zero attached hydrogens (tertiary/aromatic N) is 3. The van der Waals surface area contributed by atoms with Crippen LogP contribution < -0.4 is 14.9 Å². The maximum atomic E-state index is 13.6. The highest BCUT2D eigenvalue weighted by Gasteiger charge is 2.34. The third kappa shape index (κ3) is 9.06.